The SMILES string of the molecule is COc1ccc(-c2cc(C(=O)NCC3CC3c3ccccc3)no2)cc1OC. The Morgan fingerprint density at radius 2 is 1.89 bits per heavy atom. The van der Waals surface area contributed by atoms with E-state index in [0.29, 0.717) is 35.6 Å². The van der Waals surface area contributed by atoms with Crippen molar-refractivity contribution in [3.05, 3.63) is 65.9 Å². The van der Waals surface area contributed by atoms with Gasteiger partial charge in [0.25, 0.3) is 5.91 Å². The van der Waals surface area contributed by atoms with Crippen LogP contribution in [0.3, 0.4) is 0 Å². The van der Waals surface area contributed by atoms with Gasteiger partial charge in [-0.1, -0.05) is 35.5 Å². The number of carbonyl (C=O) groups is 1. The molecule has 0 aliphatic heterocycles. The summed E-state index contributed by atoms with van der Waals surface area (Å²) in [6.07, 6.45) is 1.10. The van der Waals surface area contributed by atoms with Crippen LogP contribution in [0.2, 0.25) is 0 Å². The number of benzene rings is 2. The molecule has 6 heteroatoms. The Kier molecular flexibility index (Phi) is 5.02. The van der Waals surface area contributed by atoms with Crippen molar-refractivity contribution in [2.75, 3.05) is 20.8 Å². The Balaban J connectivity index is 1.37. The van der Waals surface area contributed by atoms with Crippen LogP contribution in [0.1, 0.15) is 28.4 Å². The van der Waals surface area contributed by atoms with Crippen molar-refractivity contribution in [3.63, 3.8) is 0 Å². The molecule has 28 heavy (non-hydrogen) atoms. The van der Waals surface area contributed by atoms with Gasteiger partial charge in [-0.2, -0.15) is 0 Å². The summed E-state index contributed by atoms with van der Waals surface area (Å²) in [5, 5.41) is 6.87. The maximum absolute atomic E-state index is 12.4. The summed E-state index contributed by atoms with van der Waals surface area (Å²) in [5.41, 5.74) is 2.36. The van der Waals surface area contributed by atoms with E-state index in [9.17, 15) is 4.79 Å². The minimum atomic E-state index is -0.228. The molecule has 1 aliphatic carbocycles. The summed E-state index contributed by atoms with van der Waals surface area (Å²) in [6, 6.07) is 17.4. The van der Waals surface area contributed by atoms with Gasteiger partial charge in [0.1, 0.15) is 0 Å². The second-order valence-electron chi connectivity index (χ2n) is 6.87. The van der Waals surface area contributed by atoms with Crippen LogP contribution in [0.4, 0.5) is 0 Å². The summed E-state index contributed by atoms with van der Waals surface area (Å²) in [6.45, 7) is 0.636. The molecule has 2 aromatic carbocycles. The van der Waals surface area contributed by atoms with Crippen molar-refractivity contribution in [2.45, 2.75) is 12.3 Å². The van der Waals surface area contributed by atoms with Crippen LogP contribution >= 0.6 is 0 Å². The largest absolute Gasteiger partial charge is 0.493 e. The van der Waals surface area contributed by atoms with Gasteiger partial charge in [-0.15, -0.1) is 0 Å². The molecule has 0 radical (unpaired) electrons. The van der Waals surface area contributed by atoms with E-state index in [1.54, 1.807) is 32.4 Å². The molecule has 1 N–H and O–H groups in total. The number of ether oxygens (including phenoxy) is 2. The zero-order valence-electron chi connectivity index (χ0n) is 15.8. The zero-order valence-corrected chi connectivity index (χ0v) is 15.8. The number of hydrogen-bond acceptors (Lipinski definition) is 5. The number of rotatable bonds is 7. The number of nitrogens with zero attached hydrogens (tertiary/aromatic N) is 1. The Morgan fingerprint density at radius 3 is 2.64 bits per heavy atom. The highest BCUT2D eigenvalue weighted by Gasteiger charge is 2.38. The van der Waals surface area contributed by atoms with E-state index in [1.165, 1.54) is 5.56 Å². The highest BCUT2D eigenvalue weighted by Crippen LogP contribution is 2.46. The molecule has 1 fully saturated rings. The molecule has 6 nitrogen and oxygen atoms in total. The first kappa shape index (κ1) is 18.1. The van der Waals surface area contributed by atoms with Gasteiger partial charge in [0.15, 0.2) is 23.0 Å². The highest BCUT2D eigenvalue weighted by atomic mass is 16.5. The fraction of sp³-hybridized carbons (Fsp3) is 0.273. The maximum Gasteiger partial charge on any atom is 0.273 e. The molecule has 144 valence electrons. The molecule has 2 unspecified atom stereocenters. The van der Waals surface area contributed by atoms with Gasteiger partial charge in [0.05, 0.1) is 14.2 Å². The van der Waals surface area contributed by atoms with E-state index in [0.717, 1.165) is 12.0 Å². The van der Waals surface area contributed by atoms with Crippen molar-refractivity contribution in [3.8, 4) is 22.8 Å². The second kappa shape index (κ2) is 7.76. The summed E-state index contributed by atoms with van der Waals surface area (Å²) in [4.78, 5) is 12.4. The number of hydrogen-bond donors (Lipinski definition) is 1. The van der Waals surface area contributed by atoms with Gasteiger partial charge in [-0.25, -0.2) is 0 Å². The smallest absolute Gasteiger partial charge is 0.273 e. The summed E-state index contributed by atoms with van der Waals surface area (Å²) in [7, 11) is 3.15. The first-order valence-electron chi connectivity index (χ1n) is 9.22. The third-order valence-electron chi connectivity index (χ3n) is 5.09. The Bertz CT molecular complexity index is 968. The minimum Gasteiger partial charge on any atom is -0.493 e. The van der Waals surface area contributed by atoms with Gasteiger partial charge in [-0.05, 0) is 42.0 Å². The lowest BCUT2D eigenvalue weighted by Crippen LogP contribution is -2.26. The average molecular weight is 378 g/mol. The van der Waals surface area contributed by atoms with Crippen LogP contribution in [0.25, 0.3) is 11.3 Å². The predicted molar refractivity (Wildman–Crippen MR) is 105 cm³/mol. The number of amides is 1. The third-order valence-corrected chi connectivity index (χ3v) is 5.09. The molecular formula is C22H22N2O4. The van der Waals surface area contributed by atoms with Crippen LogP contribution in [0, 0.1) is 5.92 Å². The second-order valence-corrected chi connectivity index (χ2v) is 6.87. The Morgan fingerprint density at radius 1 is 1.11 bits per heavy atom. The lowest BCUT2D eigenvalue weighted by molar-refractivity contribution is 0.0942. The molecule has 4 rings (SSSR count). The number of nitrogens with one attached hydrogen (secondary N) is 1. The van der Waals surface area contributed by atoms with E-state index >= 15 is 0 Å². The number of aromatic nitrogens is 1. The van der Waals surface area contributed by atoms with Crippen LogP contribution in [-0.2, 0) is 0 Å². The van der Waals surface area contributed by atoms with Crippen molar-refractivity contribution in [1.29, 1.82) is 0 Å². The van der Waals surface area contributed by atoms with Crippen molar-refractivity contribution in [2.24, 2.45) is 5.92 Å². The molecule has 1 saturated carbocycles. The van der Waals surface area contributed by atoms with E-state index in [2.05, 4.69) is 22.6 Å². The van der Waals surface area contributed by atoms with Crippen LogP contribution in [0.15, 0.2) is 59.1 Å². The van der Waals surface area contributed by atoms with E-state index in [-0.39, 0.29) is 11.6 Å². The summed E-state index contributed by atoms with van der Waals surface area (Å²) >= 11 is 0. The quantitative estimate of drug-likeness (QED) is 0.675. The van der Waals surface area contributed by atoms with Crippen LogP contribution < -0.4 is 14.8 Å². The number of carbonyl (C=O) groups excluding carboxylic acids is 1. The summed E-state index contributed by atoms with van der Waals surface area (Å²) < 4.78 is 15.9. The van der Waals surface area contributed by atoms with Gasteiger partial charge >= 0.3 is 0 Å². The highest BCUT2D eigenvalue weighted by molar-refractivity contribution is 5.93. The zero-order chi connectivity index (χ0) is 19.5. The molecule has 0 spiro atoms. The molecule has 1 aliphatic rings. The molecule has 1 amide bonds. The van der Waals surface area contributed by atoms with E-state index in [1.807, 2.05) is 24.3 Å². The van der Waals surface area contributed by atoms with Gasteiger partial charge in [-0.3, -0.25) is 4.79 Å². The van der Waals surface area contributed by atoms with E-state index in [4.69, 9.17) is 14.0 Å². The maximum atomic E-state index is 12.4. The third kappa shape index (κ3) is 3.71. The fourth-order valence-corrected chi connectivity index (χ4v) is 3.40. The lowest BCUT2D eigenvalue weighted by atomic mass is 10.1. The van der Waals surface area contributed by atoms with E-state index < -0.39 is 0 Å². The molecule has 0 saturated heterocycles. The van der Waals surface area contributed by atoms with Gasteiger partial charge in [0.2, 0.25) is 0 Å². The monoisotopic (exact) mass is 378 g/mol. The van der Waals surface area contributed by atoms with Crippen LogP contribution in [0.5, 0.6) is 11.5 Å². The van der Waals surface area contributed by atoms with Gasteiger partial charge in [0, 0.05) is 18.2 Å². The minimum absolute atomic E-state index is 0.228. The molecule has 0 bridgehead atoms. The normalized spacial score (nSPS) is 17.8. The molecule has 3 aromatic rings. The standard InChI is InChI=1S/C22H22N2O4/c1-26-19-9-8-15(11-21(19)27-2)20-12-18(24-28-20)22(25)23-13-16-10-17(16)14-6-4-3-5-7-14/h3-9,11-12,16-17H,10,13H2,1-2H3,(H,23,25). The van der Waals surface area contributed by atoms with Crippen molar-refractivity contribution >= 4 is 5.91 Å². The first-order chi connectivity index (χ1) is 13.7. The summed E-state index contributed by atoms with van der Waals surface area (Å²) in [5.74, 6) is 2.49. The average Bonchev–Trinajstić information content (AvgIpc) is 3.36. The van der Waals surface area contributed by atoms with Crippen molar-refractivity contribution in [1.82, 2.24) is 10.5 Å². The fourth-order valence-electron chi connectivity index (χ4n) is 3.40. The van der Waals surface area contributed by atoms with Gasteiger partial charge < -0.3 is 19.3 Å². The Hall–Kier alpha value is -3.28. The lowest BCUT2D eigenvalue weighted by Gasteiger charge is -2.07. The topological polar surface area (TPSA) is 73.6 Å². The molecule has 2 atom stereocenters. The molecular weight excluding hydrogens is 356 g/mol. The number of methoxy groups -OCH3 is 2. The van der Waals surface area contributed by atoms with Crippen LogP contribution in [-0.4, -0.2) is 31.8 Å². The Labute approximate surface area is 163 Å². The first-order valence-corrected chi connectivity index (χ1v) is 9.22. The molecule has 1 aromatic heterocycles. The molecule has 1 heterocycles. The predicted octanol–water partition coefficient (Wildman–Crippen LogP) is 3.89. The van der Waals surface area contributed by atoms with Crippen molar-refractivity contribution < 1.29 is 18.8 Å².